The van der Waals surface area contributed by atoms with Gasteiger partial charge in [0.2, 0.25) is 5.91 Å². The summed E-state index contributed by atoms with van der Waals surface area (Å²) < 4.78 is 0. The number of rotatable bonds is 9. The third-order valence-corrected chi connectivity index (χ3v) is 3.34. The molecule has 0 bridgehead atoms. The Balaban J connectivity index is 0.000000384. The molecule has 21 heavy (non-hydrogen) atoms. The van der Waals surface area contributed by atoms with Crippen LogP contribution >= 0.6 is 0 Å². The van der Waals surface area contributed by atoms with E-state index in [1.807, 2.05) is 30.3 Å². The summed E-state index contributed by atoms with van der Waals surface area (Å²) >= 11 is 0. The summed E-state index contributed by atoms with van der Waals surface area (Å²) in [7, 11) is 0. The minimum Gasteiger partial charge on any atom is -0.352 e. The van der Waals surface area contributed by atoms with Gasteiger partial charge >= 0.3 is 0 Å². The molecule has 120 valence electrons. The molecule has 0 spiro atoms. The third-order valence-electron chi connectivity index (χ3n) is 3.34. The van der Waals surface area contributed by atoms with Crippen LogP contribution in [0.5, 0.6) is 0 Å². The van der Waals surface area contributed by atoms with E-state index in [2.05, 4.69) is 19.2 Å². The van der Waals surface area contributed by atoms with Crippen molar-refractivity contribution in [3.8, 4) is 0 Å². The Morgan fingerprint density at radius 3 is 1.76 bits per heavy atom. The van der Waals surface area contributed by atoms with Crippen LogP contribution in [0.15, 0.2) is 30.3 Å². The fourth-order valence-corrected chi connectivity index (χ4v) is 2.03. The minimum atomic E-state index is 0.00820. The monoisotopic (exact) mass is 291 g/mol. The molecule has 0 unspecified atom stereocenters. The Morgan fingerprint density at radius 1 is 0.857 bits per heavy atom. The van der Waals surface area contributed by atoms with Crippen LogP contribution in [0.4, 0.5) is 0 Å². The average molecular weight is 291 g/mol. The summed E-state index contributed by atoms with van der Waals surface area (Å²) in [4.78, 5) is 10.5. The lowest BCUT2D eigenvalue weighted by atomic mass is 10.1. The van der Waals surface area contributed by atoms with Crippen LogP contribution in [-0.4, -0.2) is 5.91 Å². The van der Waals surface area contributed by atoms with Gasteiger partial charge in [-0.3, -0.25) is 4.79 Å². The quantitative estimate of drug-likeness (QED) is 0.600. The maximum atomic E-state index is 10.5. The first-order valence-corrected chi connectivity index (χ1v) is 8.49. The number of hydrogen-bond donors (Lipinski definition) is 1. The molecule has 0 fully saturated rings. The fraction of sp³-hybridized carbons (Fsp3) is 0.632. The maximum Gasteiger partial charge on any atom is 0.217 e. The van der Waals surface area contributed by atoms with Gasteiger partial charge < -0.3 is 5.32 Å². The minimum absolute atomic E-state index is 0.00820. The second kappa shape index (κ2) is 15.1. The molecule has 1 rings (SSSR count). The first-order chi connectivity index (χ1) is 10.2. The molecule has 0 radical (unpaired) electrons. The second-order valence-corrected chi connectivity index (χ2v) is 5.52. The van der Waals surface area contributed by atoms with Crippen molar-refractivity contribution >= 4 is 5.91 Å². The Labute approximate surface area is 131 Å². The lowest BCUT2D eigenvalue weighted by Gasteiger charge is -2.00. The summed E-state index contributed by atoms with van der Waals surface area (Å²) in [6.07, 6.45) is 11.5. The van der Waals surface area contributed by atoms with Crippen molar-refractivity contribution in [2.75, 3.05) is 0 Å². The number of carbonyl (C=O) groups is 1. The van der Waals surface area contributed by atoms with E-state index in [9.17, 15) is 4.79 Å². The SMILES string of the molecule is CC(=O)NCc1ccccc1.CCCCCCCCCC. The highest BCUT2D eigenvalue weighted by molar-refractivity contribution is 5.72. The summed E-state index contributed by atoms with van der Waals surface area (Å²) in [5.41, 5.74) is 1.13. The predicted octanol–water partition coefficient (Wildman–Crippen LogP) is 5.47. The summed E-state index contributed by atoms with van der Waals surface area (Å²) in [6.45, 7) is 6.68. The fourth-order valence-electron chi connectivity index (χ4n) is 2.03. The van der Waals surface area contributed by atoms with Crippen LogP contribution < -0.4 is 5.32 Å². The van der Waals surface area contributed by atoms with E-state index in [0.29, 0.717) is 6.54 Å². The molecular formula is C19H33NO. The van der Waals surface area contributed by atoms with Crippen LogP contribution in [0.3, 0.4) is 0 Å². The lowest BCUT2D eigenvalue weighted by molar-refractivity contribution is -0.119. The van der Waals surface area contributed by atoms with Crippen molar-refractivity contribution in [3.05, 3.63) is 35.9 Å². The molecular weight excluding hydrogens is 258 g/mol. The van der Waals surface area contributed by atoms with Gasteiger partial charge in [-0.25, -0.2) is 0 Å². The van der Waals surface area contributed by atoms with Crippen molar-refractivity contribution in [3.63, 3.8) is 0 Å². The molecule has 0 heterocycles. The molecule has 2 heteroatoms. The zero-order chi connectivity index (χ0) is 15.8. The van der Waals surface area contributed by atoms with Crippen molar-refractivity contribution in [1.82, 2.24) is 5.32 Å². The van der Waals surface area contributed by atoms with Gasteiger partial charge in [-0.1, -0.05) is 95.5 Å². The predicted molar refractivity (Wildman–Crippen MR) is 92.2 cm³/mol. The molecule has 0 saturated carbocycles. The Morgan fingerprint density at radius 2 is 1.33 bits per heavy atom. The lowest BCUT2D eigenvalue weighted by Crippen LogP contribution is -2.18. The van der Waals surface area contributed by atoms with E-state index in [1.165, 1.54) is 58.3 Å². The van der Waals surface area contributed by atoms with E-state index in [4.69, 9.17) is 0 Å². The third kappa shape index (κ3) is 14.9. The summed E-state index contributed by atoms with van der Waals surface area (Å²) in [5, 5.41) is 2.72. The number of benzene rings is 1. The molecule has 1 amide bonds. The van der Waals surface area contributed by atoms with E-state index < -0.39 is 0 Å². The van der Waals surface area contributed by atoms with E-state index in [0.717, 1.165) is 5.56 Å². The number of amides is 1. The molecule has 0 saturated heterocycles. The highest BCUT2D eigenvalue weighted by Crippen LogP contribution is 2.07. The number of unbranched alkanes of at least 4 members (excludes halogenated alkanes) is 7. The molecule has 2 nitrogen and oxygen atoms in total. The highest BCUT2D eigenvalue weighted by Gasteiger charge is 1.91. The Hall–Kier alpha value is -1.31. The average Bonchev–Trinajstić information content (AvgIpc) is 2.50. The molecule has 1 N–H and O–H groups in total. The van der Waals surface area contributed by atoms with Gasteiger partial charge in [0, 0.05) is 13.5 Å². The van der Waals surface area contributed by atoms with Gasteiger partial charge in [0.15, 0.2) is 0 Å². The first-order valence-electron chi connectivity index (χ1n) is 8.49. The largest absolute Gasteiger partial charge is 0.352 e. The molecule has 0 aromatic heterocycles. The van der Waals surface area contributed by atoms with Crippen molar-refractivity contribution < 1.29 is 4.79 Å². The number of hydrogen-bond acceptors (Lipinski definition) is 1. The molecule has 0 aliphatic carbocycles. The number of nitrogens with one attached hydrogen (secondary N) is 1. The van der Waals surface area contributed by atoms with E-state index in [-0.39, 0.29) is 5.91 Å². The second-order valence-electron chi connectivity index (χ2n) is 5.52. The van der Waals surface area contributed by atoms with Crippen LogP contribution in [0.1, 0.15) is 77.7 Å². The topological polar surface area (TPSA) is 29.1 Å². The molecule has 0 atom stereocenters. The highest BCUT2D eigenvalue weighted by atomic mass is 16.1. The van der Waals surface area contributed by atoms with Gasteiger partial charge in [0.25, 0.3) is 0 Å². The normalized spacial score (nSPS) is 9.67. The first kappa shape index (κ1) is 19.7. The van der Waals surface area contributed by atoms with Gasteiger partial charge in [-0.2, -0.15) is 0 Å². The van der Waals surface area contributed by atoms with Crippen molar-refractivity contribution in [2.45, 2.75) is 78.7 Å². The van der Waals surface area contributed by atoms with Gasteiger partial charge in [0.05, 0.1) is 0 Å². The smallest absolute Gasteiger partial charge is 0.217 e. The summed E-state index contributed by atoms with van der Waals surface area (Å²) in [5.74, 6) is 0.00820. The van der Waals surface area contributed by atoms with Crippen molar-refractivity contribution in [2.24, 2.45) is 0 Å². The Bertz CT molecular complexity index is 327. The van der Waals surface area contributed by atoms with Gasteiger partial charge in [-0.05, 0) is 5.56 Å². The van der Waals surface area contributed by atoms with Crippen LogP contribution in [0.2, 0.25) is 0 Å². The Kier molecular flexibility index (Phi) is 14.1. The maximum absolute atomic E-state index is 10.5. The van der Waals surface area contributed by atoms with Crippen LogP contribution in [-0.2, 0) is 11.3 Å². The molecule has 1 aromatic carbocycles. The standard InChI is InChI=1S/C10H22.C9H11NO/c1-3-5-7-9-10-8-6-4-2;1-8(11)10-7-9-5-3-2-4-6-9/h3-10H2,1-2H3;2-6H,7H2,1H3,(H,10,11). The molecule has 0 aliphatic heterocycles. The van der Waals surface area contributed by atoms with E-state index in [1.54, 1.807) is 0 Å². The van der Waals surface area contributed by atoms with Gasteiger partial charge in [0.1, 0.15) is 0 Å². The van der Waals surface area contributed by atoms with Crippen LogP contribution in [0.25, 0.3) is 0 Å². The molecule has 1 aromatic rings. The van der Waals surface area contributed by atoms with Crippen LogP contribution in [0, 0.1) is 0 Å². The van der Waals surface area contributed by atoms with Gasteiger partial charge in [-0.15, -0.1) is 0 Å². The number of carbonyl (C=O) groups excluding carboxylic acids is 1. The molecule has 0 aliphatic rings. The van der Waals surface area contributed by atoms with Crippen molar-refractivity contribution in [1.29, 1.82) is 0 Å². The zero-order valence-electron chi connectivity index (χ0n) is 14.2. The summed E-state index contributed by atoms with van der Waals surface area (Å²) in [6, 6.07) is 9.83. The van der Waals surface area contributed by atoms with E-state index >= 15 is 0 Å². The zero-order valence-corrected chi connectivity index (χ0v) is 14.2.